The molecule has 1 aliphatic rings. The molecule has 0 fully saturated rings. The van der Waals surface area contributed by atoms with Crippen molar-refractivity contribution >= 4 is 34.2 Å². The summed E-state index contributed by atoms with van der Waals surface area (Å²) in [6, 6.07) is 5.89. The molecule has 2 heterocycles. The first-order valence-electron chi connectivity index (χ1n) is 7.39. The van der Waals surface area contributed by atoms with E-state index in [0.717, 1.165) is 5.56 Å². The van der Waals surface area contributed by atoms with Crippen molar-refractivity contribution in [1.82, 2.24) is 9.47 Å². The molecular formula is C17H17BrClFN2O3. The Labute approximate surface area is 158 Å². The zero-order valence-corrected chi connectivity index (χ0v) is 16.0. The highest BCUT2D eigenvalue weighted by atomic mass is 79.9. The van der Waals surface area contributed by atoms with Gasteiger partial charge in [0.2, 0.25) is 5.43 Å². The highest BCUT2D eigenvalue weighted by Gasteiger charge is 2.38. The molecule has 0 saturated heterocycles. The number of fused-ring (bicyclic) bond motifs is 1. The van der Waals surface area contributed by atoms with Gasteiger partial charge in [-0.15, -0.1) is 12.4 Å². The summed E-state index contributed by atoms with van der Waals surface area (Å²) >= 11 is 3.12. The second kappa shape index (κ2) is 6.80. The van der Waals surface area contributed by atoms with E-state index in [1.54, 1.807) is 21.6 Å². The maximum absolute atomic E-state index is 13.0. The summed E-state index contributed by atoms with van der Waals surface area (Å²) in [6.07, 6.45) is 1.53. The first kappa shape index (κ1) is 19.5. The minimum absolute atomic E-state index is 0. The third-order valence-corrected chi connectivity index (χ3v) is 4.71. The summed E-state index contributed by atoms with van der Waals surface area (Å²) in [7, 11) is 0. The summed E-state index contributed by atoms with van der Waals surface area (Å²) in [5, 5.41) is 10.2. The predicted molar refractivity (Wildman–Crippen MR) is 97.8 cm³/mol. The zero-order valence-electron chi connectivity index (χ0n) is 13.6. The van der Waals surface area contributed by atoms with Gasteiger partial charge in [-0.2, -0.15) is 0 Å². The molecule has 0 aliphatic carbocycles. The molecule has 1 aromatic carbocycles. The van der Waals surface area contributed by atoms with Crippen LogP contribution in [0.25, 0.3) is 0 Å². The fourth-order valence-corrected chi connectivity index (χ4v) is 3.35. The smallest absolute Gasteiger partial charge is 0.274 e. The maximum Gasteiger partial charge on any atom is 0.274 e. The van der Waals surface area contributed by atoms with Crippen LogP contribution in [0.2, 0.25) is 0 Å². The molecule has 0 unspecified atom stereocenters. The molecule has 0 bridgehead atoms. The number of pyridine rings is 1. The van der Waals surface area contributed by atoms with E-state index in [4.69, 9.17) is 0 Å². The van der Waals surface area contributed by atoms with Crippen LogP contribution in [0.5, 0.6) is 5.75 Å². The van der Waals surface area contributed by atoms with Crippen molar-refractivity contribution in [3.8, 4) is 5.75 Å². The summed E-state index contributed by atoms with van der Waals surface area (Å²) in [4.78, 5) is 26.3. The number of benzene rings is 1. The van der Waals surface area contributed by atoms with Crippen LogP contribution in [-0.4, -0.2) is 27.0 Å². The molecule has 0 radical (unpaired) electrons. The van der Waals surface area contributed by atoms with Gasteiger partial charge in [-0.05, 0) is 47.5 Å². The fraction of sp³-hybridized carbons (Fsp3) is 0.294. The summed E-state index contributed by atoms with van der Waals surface area (Å²) < 4.78 is 14.9. The molecule has 0 spiro atoms. The van der Waals surface area contributed by atoms with Gasteiger partial charge in [0.15, 0.2) is 11.4 Å². The Hall–Kier alpha value is -1.86. The van der Waals surface area contributed by atoms with Gasteiger partial charge in [-0.3, -0.25) is 9.59 Å². The largest absolute Gasteiger partial charge is 0.503 e. The maximum atomic E-state index is 13.0. The Kier molecular flexibility index (Phi) is 5.30. The van der Waals surface area contributed by atoms with Gasteiger partial charge in [0, 0.05) is 19.3 Å². The van der Waals surface area contributed by atoms with Gasteiger partial charge in [0.1, 0.15) is 5.82 Å². The first-order valence-corrected chi connectivity index (χ1v) is 8.18. The predicted octanol–water partition coefficient (Wildman–Crippen LogP) is 3.27. The Morgan fingerprint density at radius 1 is 1.24 bits per heavy atom. The van der Waals surface area contributed by atoms with Crippen LogP contribution in [0.4, 0.5) is 4.39 Å². The van der Waals surface area contributed by atoms with E-state index in [2.05, 4.69) is 15.9 Å². The SMILES string of the molecule is CC1(C)CN(Cc2ccc(F)cc2)C(=O)c2c(O)c(=O)c(Br)cn21.Cl. The third-order valence-electron chi connectivity index (χ3n) is 4.15. The number of rotatable bonds is 2. The monoisotopic (exact) mass is 430 g/mol. The van der Waals surface area contributed by atoms with E-state index in [9.17, 15) is 19.1 Å². The first-order chi connectivity index (χ1) is 11.2. The minimum atomic E-state index is -0.617. The second-order valence-electron chi connectivity index (χ2n) is 6.47. The lowest BCUT2D eigenvalue weighted by Crippen LogP contribution is -2.51. The number of hydrogen-bond acceptors (Lipinski definition) is 3. The van der Waals surface area contributed by atoms with Crippen LogP contribution in [0.3, 0.4) is 0 Å². The number of hydrogen-bond donors (Lipinski definition) is 1. The number of carbonyl (C=O) groups excluding carboxylic acids is 1. The number of aromatic hydroxyl groups is 1. The van der Waals surface area contributed by atoms with Crippen molar-refractivity contribution in [2.45, 2.75) is 25.9 Å². The Balaban J connectivity index is 0.00000225. The summed E-state index contributed by atoms with van der Waals surface area (Å²) in [5.41, 5.74) is -0.389. The lowest BCUT2D eigenvalue weighted by atomic mass is 9.98. The van der Waals surface area contributed by atoms with Gasteiger partial charge in [-0.25, -0.2) is 4.39 Å². The highest BCUT2D eigenvalue weighted by Crippen LogP contribution is 2.31. The Bertz CT molecular complexity index is 881. The molecule has 1 aliphatic heterocycles. The lowest BCUT2D eigenvalue weighted by Gasteiger charge is -2.41. The summed E-state index contributed by atoms with van der Waals surface area (Å²) in [6.45, 7) is 4.49. The van der Waals surface area contributed by atoms with Crippen molar-refractivity contribution < 1.29 is 14.3 Å². The summed E-state index contributed by atoms with van der Waals surface area (Å²) in [5.74, 6) is -1.34. The molecule has 8 heteroatoms. The van der Waals surface area contributed by atoms with Crippen molar-refractivity contribution in [3.05, 3.63) is 62.2 Å². The molecule has 2 aromatic rings. The molecule has 1 aromatic heterocycles. The van der Waals surface area contributed by atoms with Crippen molar-refractivity contribution in [3.63, 3.8) is 0 Å². The molecule has 1 amide bonds. The van der Waals surface area contributed by atoms with Crippen LogP contribution in [0, 0.1) is 5.82 Å². The van der Waals surface area contributed by atoms with E-state index >= 15 is 0 Å². The van der Waals surface area contributed by atoms with Crippen LogP contribution < -0.4 is 5.43 Å². The number of nitrogens with zero attached hydrogens (tertiary/aromatic N) is 2. The van der Waals surface area contributed by atoms with Crippen LogP contribution in [-0.2, 0) is 12.1 Å². The Morgan fingerprint density at radius 3 is 2.44 bits per heavy atom. The molecule has 25 heavy (non-hydrogen) atoms. The van der Waals surface area contributed by atoms with Crippen molar-refractivity contribution in [2.24, 2.45) is 0 Å². The second-order valence-corrected chi connectivity index (χ2v) is 7.33. The molecule has 5 nitrogen and oxygen atoms in total. The average Bonchev–Trinajstić information content (AvgIpc) is 2.52. The minimum Gasteiger partial charge on any atom is -0.503 e. The van der Waals surface area contributed by atoms with Crippen molar-refractivity contribution in [2.75, 3.05) is 6.54 Å². The molecule has 1 N–H and O–H groups in total. The van der Waals surface area contributed by atoms with Gasteiger partial charge >= 0.3 is 0 Å². The van der Waals surface area contributed by atoms with E-state index in [1.165, 1.54) is 18.3 Å². The standard InChI is InChI=1S/C17H16BrFN2O3.ClH/c1-17(2)9-20(7-10-3-5-11(19)6-4-10)16(24)13-15(23)14(22)12(18)8-21(13)17;/h3-6,8,23H,7,9H2,1-2H3;1H. The fourth-order valence-electron chi connectivity index (χ4n) is 2.96. The molecule has 134 valence electrons. The van der Waals surface area contributed by atoms with Crippen LogP contribution in [0.1, 0.15) is 29.9 Å². The van der Waals surface area contributed by atoms with Gasteiger partial charge in [0.05, 0.1) is 10.0 Å². The van der Waals surface area contributed by atoms with E-state index in [1.807, 2.05) is 13.8 Å². The molecule has 0 atom stereocenters. The highest BCUT2D eigenvalue weighted by molar-refractivity contribution is 9.10. The quantitative estimate of drug-likeness (QED) is 0.794. The Morgan fingerprint density at radius 2 is 1.84 bits per heavy atom. The van der Waals surface area contributed by atoms with E-state index in [-0.39, 0.29) is 34.9 Å². The zero-order chi connectivity index (χ0) is 17.6. The molecule has 3 rings (SSSR count). The third kappa shape index (κ3) is 3.43. The van der Waals surface area contributed by atoms with E-state index in [0.29, 0.717) is 6.54 Å². The number of halogens is 3. The van der Waals surface area contributed by atoms with Crippen LogP contribution >= 0.6 is 28.3 Å². The molecule has 0 saturated carbocycles. The normalized spacial score (nSPS) is 15.5. The van der Waals surface area contributed by atoms with Gasteiger partial charge in [0.25, 0.3) is 5.91 Å². The number of aromatic nitrogens is 1. The van der Waals surface area contributed by atoms with Crippen LogP contribution in [0.15, 0.2) is 39.7 Å². The average molecular weight is 432 g/mol. The van der Waals surface area contributed by atoms with E-state index < -0.39 is 22.6 Å². The lowest BCUT2D eigenvalue weighted by molar-refractivity contribution is 0.0566. The van der Waals surface area contributed by atoms with Crippen molar-refractivity contribution in [1.29, 1.82) is 0 Å². The number of carbonyl (C=O) groups is 1. The topological polar surface area (TPSA) is 62.5 Å². The van der Waals surface area contributed by atoms with Gasteiger partial charge in [-0.1, -0.05) is 12.1 Å². The number of amides is 1. The molecular weight excluding hydrogens is 415 g/mol. The van der Waals surface area contributed by atoms with Gasteiger partial charge < -0.3 is 14.6 Å².